The molecule has 0 rings (SSSR count). The molecule has 9 heavy (non-hydrogen) atoms. The van der Waals surface area contributed by atoms with Gasteiger partial charge in [-0.25, -0.2) is 0 Å². The molecule has 0 aliphatic carbocycles. The first-order valence-electron chi connectivity index (χ1n) is 3.10. The summed E-state index contributed by atoms with van der Waals surface area (Å²) in [6, 6.07) is 2.09. The zero-order chi connectivity index (χ0) is 7.11. The van der Waals surface area contributed by atoms with Crippen molar-refractivity contribution in [1.29, 1.82) is 5.26 Å². The molecule has 0 fully saturated rings. The fraction of sp³-hybridized carbons (Fsp3) is 0.714. The Morgan fingerprint density at radius 2 is 2.22 bits per heavy atom. The van der Waals surface area contributed by atoms with Crippen molar-refractivity contribution in [2.24, 2.45) is 0 Å². The molecule has 2 nitrogen and oxygen atoms in total. The maximum atomic E-state index is 8.15. The van der Waals surface area contributed by atoms with Gasteiger partial charge in [-0.2, -0.15) is 5.26 Å². The lowest BCUT2D eigenvalue weighted by Gasteiger charge is -2.06. The van der Waals surface area contributed by atoms with E-state index in [9.17, 15) is 0 Å². The molecule has 0 aromatic carbocycles. The number of unbranched alkanes of at least 4 members (excludes halogenated alkanes) is 2. The van der Waals surface area contributed by atoms with Crippen LogP contribution in [0.15, 0.2) is 0 Å². The van der Waals surface area contributed by atoms with Gasteiger partial charge in [0.1, 0.15) is 0 Å². The van der Waals surface area contributed by atoms with Gasteiger partial charge in [0, 0.05) is 13.0 Å². The monoisotopic (exact) mass is 125 g/mol. The van der Waals surface area contributed by atoms with E-state index in [0.29, 0.717) is 6.42 Å². The summed E-state index contributed by atoms with van der Waals surface area (Å²) >= 11 is 0. The predicted octanol–water partition coefficient (Wildman–Crippen LogP) is 1.06. The quantitative estimate of drug-likeness (QED) is 0.525. The van der Waals surface area contributed by atoms with Crippen molar-refractivity contribution < 1.29 is 0 Å². The molecule has 0 atom stereocenters. The molecule has 2 heteroatoms. The van der Waals surface area contributed by atoms with Crippen molar-refractivity contribution in [2.45, 2.75) is 12.8 Å². The Hall–Kier alpha value is -0.550. The van der Waals surface area contributed by atoms with Gasteiger partial charge in [-0.1, -0.05) is 0 Å². The largest absolute Gasteiger partial charge is 0.309 e. The number of nitrogens with zero attached hydrogens (tertiary/aromatic N) is 2. The maximum Gasteiger partial charge on any atom is 0.0621 e. The van der Waals surface area contributed by atoms with Gasteiger partial charge in [-0.05, 0) is 26.9 Å². The predicted molar refractivity (Wildman–Crippen MR) is 37.7 cm³/mol. The molecular formula is C7H13N2. The summed E-state index contributed by atoms with van der Waals surface area (Å²) < 4.78 is 0. The van der Waals surface area contributed by atoms with Crippen LogP contribution < -0.4 is 0 Å². The second-order valence-corrected chi connectivity index (χ2v) is 2.25. The van der Waals surface area contributed by atoms with Crippen LogP contribution in [0.5, 0.6) is 0 Å². The summed E-state index contributed by atoms with van der Waals surface area (Å²) in [5.74, 6) is 0. The van der Waals surface area contributed by atoms with Gasteiger partial charge in [0.05, 0.1) is 6.07 Å². The van der Waals surface area contributed by atoms with E-state index in [1.807, 2.05) is 14.1 Å². The Labute approximate surface area is 57.1 Å². The Balaban J connectivity index is 2.85. The van der Waals surface area contributed by atoms with Crippen LogP contribution in [0.2, 0.25) is 0 Å². The molecule has 0 saturated carbocycles. The van der Waals surface area contributed by atoms with Crippen molar-refractivity contribution in [3.05, 3.63) is 6.42 Å². The molecule has 0 aromatic rings. The average Bonchev–Trinajstić information content (AvgIpc) is 1.80. The molecule has 0 unspecified atom stereocenters. The molecule has 0 saturated heterocycles. The Morgan fingerprint density at radius 1 is 1.56 bits per heavy atom. The first-order chi connectivity index (χ1) is 4.27. The van der Waals surface area contributed by atoms with Crippen LogP contribution in [0.1, 0.15) is 12.8 Å². The third kappa shape index (κ3) is 7.45. The standard InChI is InChI=1S/C7H13N2/c1-9(2)7-5-3-4-6-8/h5H,3-4,7H2,1-2H3. The van der Waals surface area contributed by atoms with E-state index in [0.717, 1.165) is 13.0 Å². The molecule has 0 bridgehead atoms. The highest BCUT2D eigenvalue weighted by Crippen LogP contribution is 1.91. The fourth-order valence-electron chi connectivity index (χ4n) is 0.516. The molecule has 0 aliphatic rings. The molecule has 0 spiro atoms. The summed E-state index contributed by atoms with van der Waals surface area (Å²) in [5.41, 5.74) is 0. The van der Waals surface area contributed by atoms with Crippen LogP contribution in [0.4, 0.5) is 0 Å². The summed E-state index contributed by atoms with van der Waals surface area (Å²) in [6.45, 7) is 0.974. The smallest absolute Gasteiger partial charge is 0.0621 e. The second kappa shape index (κ2) is 5.58. The molecule has 0 amide bonds. The molecule has 0 aromatic heterocycles. The minimum absolute atomic E-state index is 0.647. The van der Waals surface area contributed by atoms with Gasteiger partial charge in [-0.15, -0.1) is 0 Å². The van der Waals surface area contributed by atoms with E-state index >= 15 is 0 Å². The molecule has 0 aliphatic heterocycles. The van der Waals surface area contributed by atoms with E-state index in [1.165, 1.54) is 0 Å². The van der Waals surface area contributed by atoms with Gasteiger partial charge < -0.3 is 4.90 Å². The van der Waals surface area contributed by atoms with Crippen molar-refractivity contribution in [2.75, 3.05) is 20.6 Å². The Morgan fingerprint density at radius 3 is 2.67 bits per heavy atom. The van der Waals surface area contributed by atoms with Gasteiger partial charge in [0.25, 0.3) is 0 Å². The fourth-order valence-corrected chi connectivity index (χ4v) is 0.516. The van der Waals surface area contributed by atoms with Crippen molar-refractivity contribution >= 4 is 0 Å². The van der Waals surface area contributed by atoms with E-state index in [4.69, 9.17) is 5.26 Å². The van der Waals surface area contributed by atoms with Crippen LogP contribution in [-0.2, 0) is 0 Å². The lowest BCUT2D eigenvalue weighted by Crippen LogP contribution is -2.12. The molecular weight excluding hydrogens is 112 g/mol. The number of rotatable bonds is 4. The topological polar surface area (TPSA) is 27.0 Å². The minimum Gasteiger partial charge on any atom is -0.309 e. The van der Waals surface area contributed by atoms with Crippen LogP contribution in [0.25, 0.3) is 0 Å². The summed E-state index contributed by atoms with van der Waals surface area (Å²) in [7, 11) is 4.03. The normalized spacial score (nSPS) is 9.56. The van der Waals surface area contributed by atoms with Crippen molar-refractivity contribution in [1.82, 2.24) is 4.90 Å². The highest BCUT2D eigenvalue weighted by molar-refractivity contribution is 4.76. The van der Waals surface area contributed by atoms with Crippen LogP contribution >= 0.6 is 0 Å². The first kappa shape index (κ1) is 8.45. The lowest BCUT2D eigenvalue weighted by molar-refractivity contribution is 0.436. The third-order valence-corrected chi connectivity index (χ3v) is 0.955. The first-order valence-corrected chi connectivity index (χ1v) is 3.10. The maximum absolute atomic E-state index is 8.15. The average molecular weight is 125 g/mol. The number of hydrogen-bond donors (Lipinski definition) is 0. The van der Waals surface area contributed by atoms with Crippen molar-refractivity contribution in [3.8, 4) is 6.07 Å². The van der Waals surface area contributed by atoms with Gasteiger partial charge in [0.15, 0.2) is 0 Å². The number of hydrogen-bond acceptors (Lipinski definition) is 2. The van der Waals surface area contributed by atoms with E-state index in [2.05, 4.69) is 17.4 Å². The summed E-state index contributed by atoms with van der Waals surface area (Å²) in [4.78, 5) is 2.08. The van der Waals surface area contributed by atoms with Gasteiger partial charge in [0.2, 0.25) is 0 Å². The van der Waals surface area contributed by atoms with E-state index in [-0.39, 0.29) is 0 Å². The van der Waals surface area contributed by atoms with Gasteiger partial charge in [-0.3, -0.25) is 0 Å². The van der Waals surface area contributed by atoms with Gasteiger partial charge >= 0.3 is 0 Å². The van der Waals surface area contributed by atoms with Crippen molar-refractivity contribution in [3.63, 3.8) is 0 Å². The van der Waals surface area contributed by atoms with Crippen LogP contribution in [-0.4, -0.2) is 25.5 Å². The zero-order valence-corrected chi connectivity index (χ0v) is 6.09. The molecule has 0 N–H and O–H groups in total. The third-order valence-electron chi connectivity index (χ3n) is 0.955. The van der Waals surface area contributed by atoms with E-state index < -0.39 is 0 Å². The molecule has 1 radical (unpaired) electrons. The minimum atomic E-state index is 0.647. The lowest BCUT2D eigenvalue weighted by atomic mass is 10.2. The SMILES string of the molecule is CN(C)C[CH]CCC#N. The highest BCUT2D eigenvalue weighted by atomic mass is 15.0. The second-order valence-electron chi connectivity index (χ2n) is 2.25. The van der Waals surface area contributed by atoms with E-state index in [1.54, 1.807) is 0 Å². The molecule has 0 heterocycles. The Kier molecular flexibility index (Phi) is 5.24. The Bertz CT molecular complexity index is 91.6. The van der Waals surface area contributed by atoms with Crippen LogP contribution in [0, 0.1) is 17.8 Å². The van der Waals surface area contributed by atoms with Crippen LogP contribution in [0.3, 0.4) is 0 Å². The zero-order valence-electron chi connectivity index (χ0n) is 6.09. The number of nitriles is 1. The summed E-state index contributed by atoms with van der Waals surface area (Å²) in [5, 5.41) is 8.15. The molecule has 51 valence electrons. The summed E-state index contributed by atoms with van der Waals surface area (Å²) in [6.07, 6.45) is 3.67. The highest BCUT2D eigenvalue weighted by Gasteiger charge is 1.88.